The molecule has 1 aromatic rings. The van der Waals surface area contributed by atoms with Crippen LogP contribution >= 0.6 is 0 Å². The normalized spacial score (nSPS) is 24.0. The number of carbonyl (C=O) groups is 1. The molecular formula is C18H28N2O. The first-order chi connectivity index (χ1) is 10.0. The second-order valence-electron chi connectivity index (χ2n) is 6.59. The Morgan fingerprint density at radius 2 is 1.95 bits per heavy atom. The van der Waals surface area contributed by atoms with Crippen molar-refractivity contribution < 1.29 is 4.79 Å². The van der Waals surface area contributed by atoms with Crippen LogP contribution in [0.15, 0.2) is 30.3 Å². The van der Waals surface area contributed by atoms with E-state index in [1.54, 1.807) is 0 Å². The van der Waals surface area contributed by atoms with E-state index >= 15 is 0 Å². The second kappa shape index (κ2) is 7.08. The van der Waals surface area contributed by atoms with Crippen LogP contribution in [0.4, 0.5) is 0 Å². The summed E-state index contributed by atoms with van der Waals surface area (Å²) in [6.45, 7) is 5.16. The maximum atomic E-state index is 12.9. The zero-order valence-electron chi connectivity index (χ0n) is 13.5. The number of benzene rings is 1. The summed E-state index contributed by atoms with van der Waals surface area (Å²) in [6, 6.07) is 10.5. The highest BCUT2D eigenvalue weighted by Crippen LogP contribution is 2.31. The lowest BCUT2D eigenvalue weighted by Gasteiger charge is -2.37. The number of amides is 1. The number of hydrogen-bond donors (Lipinski definition) is 1. The van der Waals surface area contributed by atoms with Crippen molar-refractivity contribution in [3.8, 4) is 0 Å². The van der Waals surface area contributed by atoms with Crippen LogP contribution in [-0.4, -0.2) is 30.4 Å². The molecule has 3 nitrogen and oxygen atoms in total. The fraction of sp³-hybridized carbons (Fsp3) is 0.611. The van der Waals surface area contributed by atoms with E-state index in [0.29, 0.717) is 17.9 Å². The van der Waals surface area contributed by atoms with Crippen LogP contribution in [0, 0.1) is 11.8 Å². The van der Waals surface area contributed by atoms with E-state index in [0.717, 1.165) is 31.4 Å². The molecule has 0 aromatic heterocycles. The van der Waals surface area contributed by atoms with Gasteiger partial charge in [0, 0.05) is 19.6 Å². The topological polar surface area (TPSA) is 46.3 Å². The van der Waals surface area contributed by atoms with Gasteiger partial charge in [0.15, 0.2) is 0 Å². The molecule has 0 spiro atoms. The molecule has 1 amide bonds. The number of likely N-dealkylation sites (N-methyl/N-ethyl adjacent to an activating group) is 1. The Morgan fingerprint density at radius 1 is 1.33 bits per heavy atom. The van der Waals surface area contributed by atoms with Gasteiger partial charge >= 0.3 is 0 Å². The minimum absolute atomic E-state index is 0.0325. The van der Waals surface area contributed by atoms with Crippen LogP contribution in [0.1, 0.15) is 44.6 Å². The van der Waals surface area contributed by atoms with Crippen molar-refractivity contribution in [1.29, 1.82) is 0 Å². The van der Waals surface area contributed by atoms with Gasteiger partial charge in [-0.2, -0.15) is 0 Å². The Bertz CT molecular complexity index is 454. The Labute approximate surface area is 128 Å². The van der Waals surface area contributed by atoms with Crippen molar-refractivity contribution in [2.45, 2.75) is 45.1 Å². The number of nitrogens with zero attached hydrogens (tertiary/aromatic N) is 1. The number of nitrogens with two attached hydrogens (primary N) is 1. The quantitative estimate of drug-likeness (QED) is 0.874. The molecule has 0 bridgehead atoms. The molecule has 0 saturated heterocycles. The van der Waals surface area contributed by atoms with E-state index < -0.39 is 0 Å². The average molecular weight is 288 g/mol. The Kier molecular flexibility index (Phi) is 5.40. The molecule has 2 N–H and O–H groups in total. The monoisotopic (exact) mass is 288 g/mol. The molecule has 2 unspecified atom stereocenters. The highest BCUT2D eigenvalue weighted by molar-refractivity contribution is 5.83. The first-order valence-corrected chi connectivity index (χ1v) is 8.08. The van der Waals surface area contributed by atoms with Crippen molar-refractivity contribution in [2.24, 2.45) is 17.6 Å². The first-order valence-electron chi connectivity index (χ1n) is 8.08. The average Bonchev–Trinajstić information content (AvgIpc) is 2.46. The Balaban J connectivity index is 2.07. The maximum absolute atomic E-state index is 12.9. The van der Waals surface area contributed by atoms with E-state index in [2.05, 4.69) is 26.0 Å². The van der Waals surface area contributed by atoms with E-state index in [1.165, 1.54) is 0 Å². The lowest BCUT2D eigenvalue weighted by atomic mass is 9.80. The van der Waals surface area contributed by atoms with Gasteiger partial charge in [-0.25, -0.2) is 0 Å². The highest BCUT2D eigenvalue weighted by Gasteiger charge is 2.32. The van der Waals surface area contributed by atoms with Crippen LogP contribution in [0.25, 0.3) is 0 Å². The largest absolute Gasteiger partial charge is 0.345 e. The lowest BCUT2D eigenvalue weighted by Crippen LogP contribution is -2.44. The number of rotatable bonds is 6. The molecule has 0 heterocycles. The predicted octanol–water partition coefficient (Wildman–Crippen LogP) is 3.01. The van der Waals surface area contributed by atoms with Gasteiger partial charge in [0.25, 0.3) is 0 Å². The smallest absolute Gasteiger partial charge is 0.230 e. The Hall–Kier alpha value is -1.35. The fourth-order valence-corrected chi connectivity index (χ4v) is 3.26. The van der Waals surface area contributed by atoms with Gasteiger partial charge in [0.05, 0.1) is 5.92 Å². The van der Waals surface area contributed by atoms with Crippen LogP contribution < -0.4 is 5.73 Å². The molecule has 116 valence electrons. The van der Waals surface area contributed by atoms with Crippen LogP contribution in [0.5, 0.6) is 0 Å². The van der Waals surface area contributed by atoms with E-state index in [4.69, 9.17) is 5.73 Å². The summed E-state index contributed by atoms with van der Waals surface area (Å²) in [5.74, 6) is 1.15. The van der Waals surface area contributed by atoms with Crippen LogP contribution in [-0.2, 0) is 4.79 Å². The summed E-state index contributed by atoms with van der Waals surface area (Å²) in [5.41, 5.74) is 6.97. The van der Waals surface area contributed by atoms with Crippen molar-refractivity contribution in [2.75, 3.05) is 13.6 Å². The summed E-state index contributed by atoms with van der Waals surface area (Å²) in [4.78, 5) is 14.8. The summed E-state index contributed by atoms with van der Waals surface area (Å²) < 4.78 is 0. The third-order valence-corrected chi connectivity index (χ3v) is 4.82. The molecule has 1 aliphatic rings. The van der Waals surface area contributed by atoms with E-state index in [-0.39, 0.29) is 11.8 Å². The molecule has 0 radical (unpaired) electrons. The number of hydrogen-bond acceptors (Lipinski definition) is 2. The third kappa shape index (κ3) is 3.85. The van der Waals surface area contributed by atoms with E-state index in [1.807, 2.05) is 30.1 Å². The van der Waals surface area contributed by atoms with Gasteiger partial charge in [-0.05, 0) is 30.2 Å². The van der Waals surface area contributed by atoms with Gasteiger partial charge in [0.1, 0.15) is 0 Å². The van der Waals surface area contributed by atoms with Crippen molar-refractivity contribution in [1.82, 2.24) is 4.90 Å². The molecule has 3 heteroatoms. The summed E-state index contributed by atoms with van der Waals surface area (Å²) in [7, 11) is 1.94. The molecule has 0 aliphatic heterocycles. The molecule has 1 aliphatic carbocycles. The Morgan fingerprint density at radius 3 is 2.48 bits per heavy atom. The van der Waals surface area contributed by atoms with Gasteiger partial charge in [-0.15, -0.1) is 0 Å². The van der Waals surface area contributed by atoms with Gasteiger partial charge < -0.3 is 10.6 Å². The van der Waals surface area contributed by atoms with Gasteiger partial charge in [-0.3, -0.25) is 4.79 Å². The molecule has 1 aromatic carbocycles. The maximum Gasteiger partial charge on any atom is 0.230 e. The molecule has 1 fully saturated rings. The van der Waals surface area contributed by atoms with Gasteiger partial charge in [-0.1, -0.05) is 50.6 Å². The van der Waals surface area contributed by atoms with E-state index in [9.17, 15) is 4.79 Å². The molecule has 1 saturated carbocycles. The zero-order valence-corrected chi connectivity index (χ0v) is 13.5. The standard InChI is InChI=1S/C18H28N2O/c1-4-13(2)17(15-8-6-5-7-9-15)18(21)20(3)12-14-10-16(19)11-14/h5-9,13-14,16-17H,4,10-12,19H2,1-3H3. The summed E-state index contributed by atoms with van der Waals surface area (Å²) >= 11 is 0. The summed E-state index contributed by atoms with van der Waals surface area (Å²) in [5, 5.41) is 0. The number of carbonyl (C=O) groups excluding carboxylic acids is 1. The fourth-order valence-electron chi connectivity index (χ4n) is 3.26. The molecule has 21 heavy (non-hydrogen) atoms. The van der Waals surface area contributed by atoms with Crippen LogP contribution in [0.2, 0.25) is 0 Å². The lowest BCUT2D eigenvalue weighted by molar-refractivity contribution is -0.133. The first kappa shape index (κ1) is 16.0. The minimum Gasteiger partial charge on any atom is -0.345 e. The predicted molar refractivity (Wildman–Crippen MR) is 87.0 cm³/mol. The SMILES string of the molecule is CCC(C)C(C(=O)N(C)CC1CC(N)C1)c1ccccc1. The van der Waals surface area contributed by atoms with Crippen molar-refractivity contribution in [3.63, 3.8) is 0 Å². The second-order valence-corrected chi connectivity index (χ2v) is 6.59. The highest BCUT2D eigenvalue weighted by atomic mass is 16.2. The molecule has 2 atom stereocenters. The van der Waals surface area contributed by atoms with Crippen molar-refractivity contribution >= 4 is 5.91 Å². The minimum atomic E-state index is -0.0325. The van der Waals surface area contributed by atoms with Crippen molar-refractivity contribution in [3.05, 3.63) is 35.9 Å². The molecular weight excluding hydrogens is 260 g/mol. The summed E-state index contributed by atoms with van der Waals surface area (Å²) in [6.07, 6.45) is 3.11. The zero-order chi connectivity index (χ0) is 15.4. The van der Waals surface area contributed by atoms with Crippen LogP contribution in [0.3, 0.4) is 0 Å². The molecule has 2 rings (SSSR count). The van der Waals surface area contributed by atoms with Gasteiger partial charge in [0.2, 0.25) is 5.91 Å². The third-order valence-electron chi connectivity index (χ3n) is 4.82.